The van der Waals surface area contributed by atoms with Gasteiger partial charge in [0, 0.05) is 11.7 Å². The molecule has 0 radical (unpaired) electrons. The molecule has 1 heterocycles. The second kappa shape index (κ2) is 4.02. The Labute approximate surface area is 102 Å². The van der Waals surface area contributed by atoms with Gasteiger partial charge in [0.15, 0.2) is 0 Å². The molecule has 90 valence electrons. The maximum Gasteiger partial charge on any atom is 0.259 e. The van der Waals surface area contributed by atoms with Gasteiger partial charge in [0.05, 0.1) is 5.39 Å². The van der Waals surface area contributed by atoms with Gasteiger partial charge in [0.2, 0.25) is 0 Å². The van der Waals surface area contributed by atoms with Crippen molar-refractivity contribution in [3.63, 3.8) is 0 Å². The van der Waals surface area contributed by atoms with Crippen molar-refractivity contribution in [1.29, 1.82) is 0 Å². The first kappa shape index (κ1) is 11.9. The number of fused-ring (bicyclic) bond motifs is 1. The van der Waals surface area contributed by atoms with Crippen molar-refractivity contribution < 1.29 is 0 Å². The molecule has 0 N–H and O–H groups in total. The monoisotopic (exact) mass is 229 g/mol. The van der Waals surface area contributed by atoms with E-state index in [1.54, 1.807) is 0 Å². The molecule has 2 rings (SSSR count). The van der Waals surface area contributed by atoms with Gasteiger partial charge in [-0.2, -0.15) is 0 Å². The van der Waals surface area contributed by atoms with Crippen molar-refractivity contribution >= 4 is 10.8 Å². The van der Waals surface area contributed by atoms with Crippen molar-refractivity contribution in [3.8, 4) is 0 Å². The quantitative estimate of drug-likeness (QED) is 0.773. The van der Waals surface area contributed by atoms with Gasteiger partial charge in [-0.3, -0.25) is 4.79 Å². The Hall–Kier alpha value is -1.57. The van der Waals surface area contributed by atoms with Crippen LogP contribution < -0.4 is 5.56 Å². The van der Waals surface area contributed by atoms with Crippen LogP contribution in [0.5, 0.6) is 0 Å². The highest BCUT2D eigenvalue weighted by Gasteiger charge is 2.19. The zero-order chi connectivity index (χ0) is 12.6. The molecule has 0 spiro atoms. The first-order valence-electron chi connectivity index (χ1n) is 6.09. The van der Waals surface area contributed by atoms with Gasteiger partial charge < -0.3 is 4.57 Å². The number of hydrogen-bond acceptors (Lipinski definition) is 1. The summed E-state index contributed by atoms with van der Waals surface area (Å²) in [6.45, 7) is 8.29. The fourth-order valence-corrected chi connectivity index (χ4v) is 2.11. The lowest BCUT2D eigenvalue weighted by Crippen LogP contribution is -2.35. The minimum atomic E-state index is -0.131. The summed E-state index contributed by atoms with van der Waals surface area (Å²) in [5, 5.41) is 1.87. The summed E-state index contributed by atoms with van der Waals surface area (Å²) in [5.74, 6) is 0. The van der Waals surface area contributed by atoms with E-state index >= 15 is 0 Å². The third-order valence-electron chi connectivity index (χ3n) is 3.66. The molecule has 2 heteroatoms. The van der Waals surface area contributed by atoms with E-state index in [2.05, 4.69) is 20.8 Å². The Morgan fingerprint density at radius 3 is 2.59 bits per heavy atom. The van der Waals surface area contributed by atoms with E-state index < -0.39 is 0 Å². The fourth-order valence-electron chi connectivity index (χ4n) is 2.11. The lowest BCUT2D eigenvalue weighted by Gasteiger charge is -2.26. The second-order valence-electron chi connectivity index (χ2n) is 5.20. The van der Waals surface area contributed by atoms with Crippen molar-refractivity contribution in [2.24, 2.45) is 0 Å². The van der Waals surface area contributed by atoms with Crippen LogP contribution in [0.4, 0.5) is 0 Å². The molecule has 1 aromatic heterocycles. The maximum atomic E-state index is 12.5. The normalized spacial score (nSPS) is 12.0. The first-order chi connectivity index (χ1) is 7.97. The van der Waals surface area contributed by atoms with Crippen molar-refractivity contribution in [2.75, 3.05) is 0 Å². The van der Waals surface area contributed by atoms with Crippen LogP contribution in [0.1, 0.15) is 32.8 Å². The van der Waals surface area contributed by atoms with Gasteiger partial charge >= 0.3 is 0 Å². The molecule has 0 aliphatic heterocycles. The van der Waals surface area contributed by atoms with E-state index in [-0.39, 0.29) is 11.1 Å². The summed E-state index contributed by atoms with van der Waals surface area (Å²) in [6, 6.07) is 8.01. The van der Waals surface area contributed by atoms with Crippen LogP contribution in [0.25, 0.3) is 10.8 Å². The van der Waals surface area contributed by atoms with Crippen LogP contribution in [0.3, 0.4) is 0 Å². The molecule has 0 amide bonds. The maximum absolute atomic E-state index is 12.5. The fraction of sp³-hybridized carbons (Fsp3) is 0.400. The molecule has 0 atom stereocenters. The summed E-state index contributed by atoms with van der Waals surface area (Å²) in [4.78, 5) is 12.5. The van der Waals surface area contributed by atoms with Crippen molar-refractivity contribution in [2.45, 2.75) is 39.7 Å². The second-order valence-corrected chi connectivity index (χ2v) is 5.20. The summed E-state index contributed by atoms with van der Waals surface area (Å²) < 4.78 is 1.85. The van der Waals surface area contributed by atoms with E-state index in [0.29, 0.717) is 0 Å². The average Bonchev–Trinajstić information content (AvgIpc) is 2.29. The van der Waals surface area contributed by atoms with E-state index in [9.17, 15) is 4.79 Å². The molecule has 0 saturated carbocycles. The molecule has 0 unspecified atom stereocenters. The molecular weight excluding hydrogens is 210 g/mol. The third-order valence-corrected chi connectivity index (χ3v) is 3.66. The number of hydrogen-bond donors (Lipinski definition) is 0. The molecular formula is C15H19NO. The highest BCUT2D eigenvalue weighted by Crippen LogP contribution is 2.20. The zero-order valence-corrected chi connectivity index (χ0v) is 10.9. The van der Waals surface area contributed by atoms with Crippen molar-refractivity contribution in [1.82, 2.24) is 4.57 Å². The number of benzene rings is 1. The van der Waals surface area contributed by atoms with Gasteiger partial charge in [0.1, 0.15) is 0 Å². The van der Waals surface area contributed by atoms with Crippen LogP contribution in [0, 0.1) is 6.92 Å². The lowest BCUT2D eigenvalue weighted by atomic mass is 10.00. The highest BCUT2D eigenvalue weighted by atomic mass is 16.1. The predicted octanol–water partition coefficient (Wildman–Crippen LogP) is 3.46. The lowest BCUT2D eigenvalue weighted by molar-refractivity contribution is 0.333. The van der Waals surface area contributed by atoms with Crippen LogP contribution >= 0.6 is 0 Å². The number of aromatic nitrogens is 1. The van der Waals surface area contributed by atoms with Gasteiger partial charge in [0.25, 0.3) is 5.56 Å². The van der Waals surface area contributed by atoms with E-state index in [4.69, 9.17) is 0 Å². The molecule has 0 bridgehead atoms. The van der Waals surface area contributed by atoms with Crippen LogP contribution in [-0.4, -0.2) is 4.57 Å². The average molecular weight is 229 g/mol. The van der Waals surface area contributed by atoms with Crippen LogP contribution in [0.15, 0.2) is 35.3 Å². The summed E-state index contributed by atoms with van der Waals surface area (Å²) in [5.41, 5.74) is 1.04. The van der Waals surface area contributed by atoms with E-state index in [0.717, 1.165) is 22.8 Å². The number of rotatable bonds is 2. The highest BCUT2D eigenvalue weighted by molar-refractivity contribution is 5.84. The van der Waals surface area contributed by atoms with E-state index in [1.807, 2.05) is 42.0 Å². The molecule has 2 nitrogen and oxygen atoms in total. The van der Waals surface area contributed by atoms with Crippen LogP contribution in [-0.2, 0) is 5.54 Å². The van der Waals surface area contributed by atoms with Gasteiger partial charge in [-0.05, 0) is 44.2 Å². The molecule has 17 heavy (non-hydrogen) atoms. The third kappa shape index (κ3) is 1.88. The van der Waals surface area contributed by atoms with Crippen LogP contribution in [0.2, 0.25) is 0 Å². The molecule has 0 aliphatic carbocycles. The smallest absolute Gasteiger partial charge is 0.259 e. The number of aryl methyl sites for hydroxylation is 1. The number of pyridine rings is 1. The molecule has 1 aromatic carbocycles. The van der Waals surface area contributed by atoms with Gasteiger partial charge in [-0.1, -0.05) is 25.1 Å². The number of nitrogens with zero attached hydrogens (tertiary/aromatic N) is 1. The summed E-state index contributed by atoms with van der Waals surface area (Å²) in [7, 11) is 0. The molecule has 0 aliphatic rings. The Balaban J connectivity index is 2.83. The Morgan fingerprint density at radius 2 is 1.94 bits per heavy atom. The Bertz CT molecular complexity index is 608. The molecule has 0 fully saturated rings. The largest absolute Gasteiger partial charge is 0.309 e. The van der Waals surface area contributed by atoms with Crippen molar-refractivity contribution in [3.05, 3.63) is 46.4 Å². The topological polar surface area (TPSA) is 22.0 Å². The van der Waals surface area contributed by atoms with E-state index in [1.165, 1.54) is 0 Å². The predicted molar refractivity (Wildman–Crippen MR) is 72.6 cm³/mol. The minimum Gasteiger partial charge on any atom is -0.309 e. The standard InChI is InChI=1S/C15H19NO/c1-5-15(3,4)16-10-9-12-8-6-7-11(2)13(12)14(16)17/h6-10H,5H2,1-4H3. The minimum absolute atomic E-state index is 0.118. The summed E-state index contributed by atoms with van der Waals surface area (Å²) in [6.07, 6.45) is 2.85. The molecule has 0 saturated heterocycles. The Morgan fingerprint density at radius 1 is 1.24 bits per heavy atom. The summed E-state index contributed by atoms with van der Waals surface area (Å²) >= 11 is 0. The SMILES string of the molecule is CCC(C)(C)n1ccc2cccc(C)c2c1=O. The van der Waals surface area contributed by atoms with Gasteiger partial charge in [-0.15, -0.1) is 0 Å². The first-order valence-corrected chi connectivity index (χ1v) is 6.09. The molecule has 2 aromatic rings. The van der Waals surface area contributed by atoms with Gasteiger partial charge in [-0.25, -0.2) is 0 Å². The zero-order valence-electron chi connectivity index (χ0n) is 10.9. The Kier molecular flexibility index (Phi) is 2.82.